The molecule has 0 bridgehead atoms. The summed E-state index contributed by atoms with van der Waals surface area (Å²) < 4.78 is 55.1. The quantitative estimate of drug-likeness (QED) is 0.450. The van der Waals surface area contributed by atoms with Crippen molar-refractivity contribution in [2.75, 3.05) is 13.1 Å². The number of carbonyl (C=O) groups excluding carboxylic acids is 1. The van der Waals surface area contributed by atoms with Gasteiger partial charge in [-0.2, -0.15) is 18.3 Å². The molecule has 1 saturated heterocycles. The van der Waals surface area contributed by atoms with Gasteiger partial charge in [-0.1, -0.05) is 0 Å². The fraction of sp³-hybridized carbons (Fsp3) is 0.320. The molecule has 3 aromatic rings. The van der Waals surface area contributed by atoms with Gasteiger partial charge in [-0.25, -0.2) is 9.07 Å². The summed E-state index contributed by atoms with van der Waals surface area (Å²) in [6.07, 6.45) is 2.24. The van der Waals surface area contributed by atoms with Crippen molar-refractivity contribution in [3.63, 3.8) is 0 Å². The van der Waals surface area contributed by atoms with Crippen LogP contribution in [-0.4, -0.2) is 33.6 Å². The summed E-state index contributed by atoms with van der Waals surface area (Å²) >= 11 is 0. The van der Waals surface area contributed by atoms with Gasteiger partial charge in [0.15, 0.2) is 5.78 Å². The lowest BCUT2D eigenvalue weighted by Gasteiger charge is -2.45. The highest BCUT2D eigenvalue weighted by Crippen LogP contribution is 2.62. The van der Waals surface area contributed by atoms with Crippen molar-refractivity contribution in [3.05, 3.63) is 82.7 Å². The number of Topliss-reactive ketones (excluding diaryl/α,β-unsaturated/α-hetero) is 1. The Balaban J connectivity index is 1.48. The standard InChI is InChI=1S/C25H20F4N4O/c26-17-1-3-18(4-2-17)33-20-10-21-23(6-7-23)13-30-14-24(21,11-15(20)12-32-33)22(34)19-9-16(5-8-31-19)25(27,28)29/h1-5,8-10,12,30H,6-7,11,13-14H2. The molecule has 5 nitrogen and oxygen atoms in total. The van der Waals surface area contributed by atoms with Crippen molar-refractivity contribution in [3.8, 4) is 5.69 Å². The van der Waals surface area contributed by atoms with Crippen molar-refractivity contribution >= 4 is 11.9 Å². The minimum Gasteiger partial charge on any atom is -0.315 e. The Morgan fingerprint density at radius 3 is 2.56 bits per heavy atom. The summed E-state index contributed by atoms with van der Waals surface area (Å²) in [7, 11) is 0. The Morgan fingerprint density at radius 2 is 1.85 bits per heavy atom. The lowest BCUT2D eigenvalue weighted by atomic mass is 9.61. The number of hydrogen-bond donors (Lipinski definition) is 1. The molecule has 1 N–H and O–H groups in total. The maximum atomic E-state index is 13.9. The number of hydrogen-bond acceptors (Lipinski definition) is 4. The number of rotatable bonds is 3. The number of halogens is 4. The second-order valence-corrected chi connectivity index (χ2v) is 9.40. The highest BCUT2D eigenvalue weighted by Gasteiger charge is 2.60. The van der Waals surface area contributed by atoms with Gasteiger partial charge < -0.3 is 5.32 Å². The molecule has 0 amide bonds. The van der Waals surface area contributed by atoms with Gasteiger partial charge >= 0.3 is 6.18 Å². The largest absolute Gasteiger partial charge is 0.416 e. The first-order valence-electron chi connectivity index (χ1n) is 11.1. The first-order valence-corrected chi connectivity index (χ1v) is 11.1. The molecule has 6 rings (SSSR count). The SMILES string of the molecule is O=C(c1cc(C(F)(F)F)ccn1)C12CNCC3(CC3)C1=Cc1c(cnn1-c1ccc(F)cc1)C2. The number of benzene rings is 1. The molecule has 1 unspecified atom stereocenters. The first kappa shape index (κ1) is 21.2. The Hall–Kier alpha value is -3.33. The van der Waals surface area contributed by atoms with E-state index in [0.29, 0.717) is 25.2 Å². The molecule has 1 spiro atoms. The van der Waals surface area contributed by atoms with Crippen LogP contribution in [0.15, 0.2) is 54.4 Å². The second kappa shape index (κ2) is 7.09. The van der Waals surface area contributed by atoms with Gasteiger partial charge in [0, 0.05) is 24.7 Å². The number of ketones is 1. The Kier molecular flexibility index (Phi) is 4.42. The van der Waals surface area contributed by atoms with Crippen LogP contribution in [-0.2, 0) is 12.6 Å². The van der Waals surface area contributed by atoms with Crippen LogP contribution in [0, 0.1) is 16.6 Å². The molecule has 174 valence electrons. The number of fused-ring (bicyclic) bond motifs is 3. The average Bonchev–Trinajstić information content (AvgIpc) is 3.47. The third-order valence-electron chi connectivity index (χ3n) is 7.32. The fourth-order valence-corrected chi connectivity index (χ4v) is 5.45. The summed E-state index contributed by atoms with van der Waals surface area (Å²) in [6, 6.07) is 7.71. The molecule has 3 aliphatic rings. The van der Waals surface area contributed by atoms with Crippen molar-refractivity contribution in [1.29, 1.82) is 0 Å². The van der Waals surface area contributed by atoms with Gasteiger partial charge in [0.2, 0.25) is 0 Å². The van der Waals surface area contributed by atoms with Crippen LogP contribution >= 0.6 is 0 Å². The lowest BCUT2D eigenvalue weighted by Crippen LogP contribution is -2.54. The van der Waals surface area contributed by atoms with E-state index in [2.05, 4.69) is 15.4 Å². The zero-order valence-electron chi connectivity index (χ0n) is 18.0. The van der Waals surface area contributed by atoms with E-state index in [1.165, 1.54) is 12.1 Å². The summed E-state index contributed by atoms with van der Waals surface area (Å²) in [5.74, 6) is -0.764. The van der Waals surface area contributed by atoms with Crippen LogP contribution in [0.5, 0.6) is 0 Å². The van der Waals surface area contributed by atoms with Crippen LogP contribution in [0.3, 0.4) is 0 Å². The number of carbonyl (C=O) groups is 1. The Morgan fingerprint density at radius 1 is 1.09 bits per heavy atom. The highest BCUT2D eigenvalue weighted by atomic mass is 19.4. The zero-order chi connectivity index (χ0) is 23.7. The number of nitrogens with one attached hydrogen (secondary N) is 1. The molecule has 2 aromatic heterocycles. The van der Waals surface area contributed by atoms with E-state index in [-0.39, 0.29) is 16.9 Å². The summed E-state index contributed by atoms with van der Waals surface area (Å²) in [5, 5.41) is 7.85. The van der Waals surface area contributed by atoms with Gasteiger partial charge in [0.25, 0.3) is 0 Å². The van der Waals surface area contributed by atoms with E-state index in [1.54, 1.807) is 23.0 Å². The van der Waals surface area contributed by atoms with Crippen LogP contribution in [0.2, 0.25) is 0 Å². The van der Waals surface area contributed by atoms with Crippen LogP contribution in [0.4, 0.5) is 17.6 Å². The first-order chi connectivity index (χ1) is 16.2. The fourth-order valence-electron chi connectivity index (χ4n) is 5.45. The van der Waals surface area contributed by atoms with Crippen molar-refractivity contribution < 1.29 is 22.4 Å². The second-order valence-electron chi connectivity index (χ2n) is 9.40. The number of pyridine rings is 1. The van der Waals surface area contributed by atoms with Crippen molar-refractivity contribution in [1.82, 2.24) is 20.1 Å². The predicted octanol–water partition coefficient (Wildman–Crippen LogP) is 4.62. The average molecular weight is 468 g/mol. The molecule has 3 heterocycles. The van der Waals surface area contributed by atoms with Crippen molar-refractivity contribution in [2.24, 2.45) is 10.8 Å². The van der Waals surface area contributed by atoms with E-state index in [4.69, 9.17) is 0 Å². The van der Waals surface area contributed by atoms with E-state index in [1.807, 2.05) is 6.08 Å². The summed E-state index contributed by atoms with van der Waals surface area (Å²) in [4.78, 5) is 17.9. The molecule has 34 heavy (non-hydrogen) atoms. The number of alkyl halides is 3. The van der Waals surface area contributed by atoms with E-state index in [0.717, 1.165) is 48.0 Å². The minimum atomic E-state index is -4.56. The molecule has 0 radical (unpaired) electrons. The van der Waals surface area contributed by atoms with E-state index in [9.17, 15) is 22.4 Å². The van der Waals surface area contributed by atoms with E-state index >= 15 is 0 Å². The van der Waals surface area contributed by atoms with Gasteiger partial charge in [-0.05, 0) is 72.9 Å². The maximum Gasteiger partial charge on any atom is 0.416 e. The minimum absolute atomic E-state index is 0.186. The van der Waals surface area contributed by atoms with Gasteiger partial charge in [0.05, 0.1) is 28.6 Å². The molecule has 9 heteroatoms. The molecular formula is C25H20F4N4O. The maximum absolute atomic E-state index is 13.9. The van der Waals surface area contributed by atoms with Gasteiger partial charge in [0.1, 0.15) is 11.5 Å². The van der Waals surface area contributed by atoms with Crippen LogP contribution < -0.4 is 5.32 Å². The monoisotopic (exact) mass is 468 g/mol. The lowest BCUT2D eigenvalue weighted by molar-refractivity contribution is -0.137. The number of piperidine rings is 1. The molecule has 2 fully saturated rings. The Labute approximate surface area is 192 Å². The number of nitrogens with zero attached hydrogens (tertiary/aromatic N) is 3. The number of aromatic nitrogens is 3. The highest BCUT2D eigenvalue weighted by molar-refractivity contribution is 6.03. The van der Waals surface area contributed by atoms with Crippen molar-refractivity contribution in [2.45, 2.75) is 25.4 Å². The van der Waals surface area contributed by atoms with Crippen LogP contribution in [0.25, 0.3) is 11.8 Å². The molecule has 1 atom stereocenters. The molecule has 2 aliphatic carbocycles. The summed E-state index contributed by atoms with van der Waals surface area (Å²) in [5.41, 5.74) is 0.938. The van der Waals surface area contributed by atoms with Gasteiger partial charge in [-0.15, -0.1) is 0 Å². The molecule has 1 aliphatic heterocycles. The smallest absolute Gasteiger partial charge is 0.315 e. The van der Waals surface area contributed by atoms with Gasteiger partial charge in [-0.3, -0.25) is 9.78 Å². The Bertz CT molecular complexity index is 1340. The zero-order valence-corrected chi connectivity index (χ0v) is 18.0. The predicted molar refractivity (Wildman–Crippen MR) is 116 cm³/mol. The summed E-state index contributed by atoms with van der Waals surface area (Å²) in [6.45, 7) is 1.03. The topological polar surface area (TPSA) is 59.8 Å². The molecule has 1 saturated carbocycles. The van der Waals surface area contributed by atoms with Crippen LogP contribution in [0.1, 0.15) is 40.2 Å². The third kappa shape index (κ3) is 3.14. The third-order valence-corrected chi connectivity index (χ3v) is 7.32. The molecule has 1 aromatic carbocycles. The molecular weight excluding hydrogens is 448 g/mol. The van der Waals surface area contributed by atoms with E-state index < -0.39 is 22.9 Å². The normalized spacial score (nSPS) is 22.6.